The van der Waals surface area contributed by atoms with Crippen molar-refractivity contribution in [3.05, 3.63) is 75.6 Å². The molecule has 0 bridgehead atoms. The summed E-state index contributed by atoms with van der Waals surface area (Å²) in [5, 5.41) is 18.9. The van der Waals surface area contributed by atoms with Crippen molar-refractivity contribution in [3.63, 3.8) is 0 Å². The number of pyridine rings is 1. The molecule has 0 atom stereocenters. The van der Waals surface area contributed by atoms with Gasteiger partial charge in [0.1, 0.15) is 28.4 Å². The molecule has 0 aliphatic heterocycles. The van der Waals surface area contributed by atoms with Crippen LogP contribution in [-0.4, -0.2) is 27.1 Å². The first-order valence-corrected chi connectivity index (χ1v) is 8.71. The van der Waals surface area contributed by atoms with Gasteiger partial charge in [0.05, 0.1) is 0 Å². The zero-order chi connectivity index (χ0) is 21.1. The van der Waals surface area contributed by atoms with Crippen molar-refractivity contribution >= 4 is 17.8 Å². The normalized spacial score (nSPS) is 10.5. The van der Waals surface area contributed by atoms with E-state index >= 15 is 0 Å². The van der Waals surface area contributed by atoms with Gasteiger partial charge in [0, 0.05) is 5.56 Å². The van der Waals surface area contributed by atoms with Crippen LogP contribution in [0.4, 0.5) is 5.82 Å². The van der Waals surface area contributed by atoms with Gasteiger partial charge in [-0.1, -0.05) is 31.2 Å². The van der Waals surface area contributed by atoms with Gasteiger partial charge in [-0.15, -0.1) is 0 Å². The monoisotopic (exact) mass is 394 g/mol. The zero-order valence-corrected chi connectivity index (χ0v) is 15.4. The lowest BCUT2D eigenvalue weighted by molar-refractivity contribution is 0.0695. The zero-order valence-electron chi connectivity index (χ0n) is 15.4. The first kappa shape index (κ1) is 19.7. The summed E-state index contributed by atoms with van der Waals surface area (Å²) >= 11 is 0. The lowest BCUT2D eigenvalue weighted by Gasteiger charge is -2.13. The van der Waals surface area contributed by atoms with E-state index in [0.29, 0.717) is 11.5 Å². The lowest BCUT2D eigenvalue weighted by Crippen LogP contribution is -2.24. The predicted molar refractivity (Wildman–Crippen MR) is 107 cm³/mol. The van der Waals surface area contributed by atoms with Gasteiger partial charge in [-0.25, -0.2) is 9.59 Å². The highest BCUT2D eigenvalue weighted by molar-refractivity contribution is 6.07. The number of rotatable bonds is 6. The Kier molecular flexibility index (Phi) is 5.36. The molecule has 1 heterocycles. The summed E-state index contributed by atoms with van der Waals surface area (Å²) in [7, 11) is 0. The molecule has 3 rings (SSSR count). The molecule has 2 aromatic carbocycles. The van der Waals surface area contributed by atoms with E-state index in [-0.39, 0.29) is 11.1 Å². The third-order valence-electron chi connectivity index (χ3n) is 4.38. The van der Waals surface area contributed by atoms with Gasteiger partial charge in [0.15, 0.2) is 0 Å². The number of aryl methyl sites for hydroxylation is 1. The molecular weight excluding hydrogens is 376 g/mol. The summed E-state index contributed by atoms with van der Waals surface area (Å²) in [6.07, 6.45) is 0.909. The number of H-pyrrole nitrogens is 1. The molecule has 0 saturated heterocycles. The van der Waals surface area contributed by atoms with Crippen molar-refractivity contribution < 1.29 is 24.5 Å². The molecule has 0 aliphatic rings. The first-order valence-electron chi connectivity index (χ1n) is 8.71. The predicted octanol–water partition coefficient (Wildman–Crippen LogP) is 3.38. The second kappa shape index (κ2) is 7.89. The maximum atomic E-state index is 12.1. The molecule has 8 heteroatoms. The third-order valence-corrected chi connectivity index (χ3v) is 4.38. The molecule has 0 unspecified atom stereocenters. The number of hydrogen-bond acceptors (Lipinski definition) is 5. The van der Waals surface area contributed by atoms with Crippen molar-refractivity contribution in [1.29, 1.82) is 0 Å². The number of ether oxygens (including phenoxy) is 1. The number of nitrogens with one attached hydrogen (secondary N) is 1. The van der Waals surface area contributed by atoms with Crippen molar-refractivity contribution in [2.45, 2.75) is 13.3 Å². The fourth-order valence-corrected chi connectivity index (χ4v) is 2.95. The average Bonchev–Trinajstić information content (AvgIpc) is 2.68. The Labute approximate surface area is 165 Å². The molecule has 8 nitrogen and oxygen atoms in total. The van der Waals surface area contributed by atoms with Crippen LogP contribution in [0.2, 0.25) is 0 Å². The van der Waals surface area contributed by atoms with Crippen molar-refractivity contribution in [1.82, 2.24) is 4.98 Å². The molecule has 148 valence electrons. The van der Waals surface area contributed by atoms with Crippen LogP contribution < -0.4 is 16.0 Å². The van der Waals surface area contributed by atoms with Crippen molar-refractivity contribution in [2.75, 3.05) is 5.73 Å². The van der Waals surface area contributed by atoms with E-state index in [1.165, 1.54) is 17.7 Å². The maximum Gasteiger partial charge on any atom is 0.342 e. The summed E-state index contributed by atoms with van der Waals surface area (Å²) in [6.45, 7) is 2.05. The first-order chi connectivity index (χ1) is 13.8. The van der Waals surface area contributed by atoms with Gasteiger partial charge in [-0.2, -0.15) is 0 Å². The Morgan fingerprint density at radius 1 is 0.931 bits per heavy atom. The number of nitrogen functional groups attached to an aromatic ring is 1. The van der Waals surface area contributed by atoms with Crippen molar-refractivity contribution in [2.24, 2.45) is 0 Å². The summed E-state index contributed by atoms with van der Waals surface area (Å²) in [6, 6.07) is 13.6. The molecule has 0 spiro atoms. The van der Waals surface area contributed by atoms with Crippen LogP contribution in [0.15, 0.2) is 53.3 Å². The Morgan fingerprint density at radius 3 is 1.93 bits per heavy atom. The molecule has 5 N–H and O–H groups in total. The summed E-state index contributed by atoms with van der Waals surface area (Å²) in [5.41, 5.74) is 4.60. The molecule has 0 saturated carbocycles. The maximum absolute atomic E-state index is 12.1. The molecule has 0 amide bonds. The Morgan fingerprint density at radius 2 is 1.45 bits per heavy atom. The average molecular weight is 394 g/mol. The van der Waals surface area contributed by atoms with E-state index in [9.17, 15) is 24.6 Å². The number of benzene rings is 2. The quantitative estimate of drug-likeness (QED) is 0.502. The van der Waals surface area contributed by atoms with Gasteiger partial charge in [0.2, 0.25) is 0 Å². The number of aromatic nitrogens is 1. The van der Waals surface area contributed by atoms with Crippen LogP contribution in [0, 0.1) is 0 Å². The third kappa shape index (κ3) is 3.96. The topological polar surface area (TPSA) is 143 Å². The highest BCUT2D eigenvalue weighted by atomic mass is 16.5. The molecule has 0 aliphatic carbocycles. The molecule has 3 aromatic rings. The van der Waals surface area contributed by atoms with Crippen LogP contribution in [0.3, 0.4) is 0 Å². The van der Waals surface area contributed by atoms with E-state index in [4.69, 9.17) is 10.5 Å². The highest BCUT2D eigenvalue weighted by Crippen LogP contribution is 2.31. The second-order valence-electron chi connectivity index (χ2n) is 6.23. The second-order valence-corrected chi connectivity index (χ2v) is 6.23. The number of aromatic amines is 1. The fraction of sp³-hybridized carbons (Fsp3) is 0.0952. The number of anilines is 1. The Balaban J connectivity index is 2.04. The van der Waals surface area contributed by atoms with Gasteiger partial charge in [0.25, 0.3) is 5.56 Å². The number of carbonyl (C=O) groups is 2. The molecule has 0 radical (unpaired) electrons. The summed E-state index contributed by atoms with van der Waals surface area (Å²) < 4.78 is 5.75. The van der Waals surface area contributed by atoms with E-state index in [0.717, 1.165) is 6.42 Å². The van der Waals surface area contributed by atoms with Crippen LogP contribution in [0.1, 0.15) is 33.2 Å². The highest BCUT2D eigenvalue weighted by Gasteiger charge is 2.26. The number of hydrogen-bond donors (Lipinski definition) is 4. The lowest BCUT2D eigenvalue weighted by atomic mass is 9.95. The number of aromatic carboxylic acids is 2. The fourth-order valence-electron chi connectivity index (χ4n) is 2.95. The van der Waals surface area contributed by atoms with Gasteiger partial charge >= 0.3 is 11.9 Å². The van der Waals surface area contributed by atoms with E-state index in [1.54, 1.807) is 12.1 Å². The van der Waals surface area contributed by atoms with E-state index < -0.39 is 34.4 Å². The van der Waals surface area contributed by atoms with E-state index in [1.807, 2.05) is 31.2 Å². The SMILES string of the molecule is CCc1ccc(Oc2ccc(-c3c(C(=O)O)c(N)[nH]c(=O)c3C(=O)O)cc2)cc1. The summed E-state index contributed by atoms with van der Waals surface area (Å²) in [4.78, 5) is 37.4. The summed E-state index contributed by atoms with van der Waals surface area (Å²) in [5.74, 6) is -2.34. The number of carboxylic acid groups (broad SMARTS) is 2. The van der Waals surface area contributed by atoms with Gasteiger partial charge in [-0.05, 0) is 41.8 Å². The molecular formula is C21H18N2O6. The largest absolute Gasteiger partial charge is 0.478 e. The minimum Gasteiger partial charge on any atom is -0.478 e. The van der Waals surface area contributed by atoms with Crippen molar-refractivity contribution in [3.8, 4) is 22.6 Å². The molecule has 1 aromatic heterocycles. The van der Waals surface area contributed by atoms with Crippen LogP contribution >= 0.6 is 0 Å². The van der Waals surface area contributed by atoms with Gasteiger partial charge in [-0.3, -0.25) is 4.79 Å². The number of carboxylic acids is 2. The van der Waals surface area contributed by atoms with Crippen LogP contribution in [-0.2, 0) is 6.42 Å². The standard InChI is InChI=1S/C21H18N2O6/c1-2-11-3-7-13(8-4-11)29-14-9-5-12(6-10-14)15-16(20(25)26)18(22)23-19(24)17(15)21(27)28/h3-10H,2H2,1H3,(H,25,26)(H,27,28)(H3,22,23,24). The molecule has 29 heavy (non-hydrogen) atoms. The van der Waals surface area contributed by atoms with Gasteiger partial charge < -0.3 is 25.7 Å². The number of nitrogens with two attached hydrogens (primary N) is 1. The Hall–Kier alpha value is -4.07. The molecule has 0 fully saturated rings. The Bertz CT molecular complexity index is 1130. The minimum absolute atomic E-state index is 0.214. The van der Waals surface area contributed by atoms with E-state index in [2.05, 4.69) is 4.98 Å². The van der Waals surface area contributed by atoms with Crippen LogP contribution in [0.5, 0.6) is 11.5 Å². The minimum atomic E-state index is -1.56. The van der Waals surface area contributed by atoms with Crippen LogP contribution in [0.25, 0.3) is 11.1 Å². The smallest absolute Gasteiger partial charge is 0.342 e.